The Balaban J connectivity index is 1.59. The van der Waals surface area contributed by atoms with Gasteiger partial charge in [0.05, 0.1) is 7.11 Å². The quantitative estimate of drug-likeness (QED) is 0.775. The molecule has 0 saturated carbocycles. The smallest absolute Gasteiger partial charge is 0.325 e. The predicted octanol–water partition coefficient (Wildman–Crippen LogP) is 1.80. The minimum absolute atomic E-state index is 0.331. The number of ether oxygens (including phenoxy) is 1. The molecule has 4 amide bonds. The first-order chi connectivity index (χ1) is 12.6. The van der Waals surface area contributed by atoms with Crippen molar-refractivity contribution in [1.82, 2.24) is 10.2 Å². The third kappa shape index (κ3) is 4.00. The molecule has 1 aliphatic rings. The molecule has 0 spiro atoms. The summed E-state index contributed by atoms with van der Waals surface area (Å²) in [6, 6.07) is 15.0. The third-order valence-electron chi connectivity index (χ3n) is 4.07. The molecule has 2 aromatic carbocycles. The van der Waals surface area contributed by atoms with Crippen LogP contribution in [-0.2, 0) is 16.0 Å². The van der Waals surface area contributed by atoms with E-state index in [1.54, 1.807) is 31.4 Å². The fourth-order valence-electron chi connectivity index (χ4n) is 2.73. The molecule has 0 bridgehead atoms. The number of carbonyl (C=O) groups excluding carboxylic acids is 3. The van der Waals surface area contributed by atoms with Crippen molar-refractivity contribution in [3.63, 3.8) is 0 Å². The SMILES string of the molecule is COc1ccc(NC(=O)CN2C(=O)N[C@@H](Cc3ccccc3)C2=O)cc1. The summed E-state index contributed by atoms with van der Waals surface area (Å²) in [6.45, 7) is -0.331. The Bertz CT molecular complexity index is 805. The van der Waals surface area contributed by atoms with E-state index >= 15 is 0 Å². The predicted molar refractivity (Wildman–Crippen MR) is 95.8 cm³/mol. The van der Waals surface area contributed by atoms with Gasteiger partial charge in [0.15, 0.2) is 0 Å². The highest BCUT2D eigenvalue weighted by Crippen LogP contribution is 2.16. The second kappa shape index (κ2) is 7.69. The fourth-order valence-corrected chi connectivity index (χ4v) is 2.73. The maximum Gasteiger partial charge on any atom is 0.325 e. The average Bonchev–Trinajstić information content (AvgIpc) is 2.90. The number of hydrogen-bond donors (Lipinski definition) is 2. The fraction of sp³-hybridized carbons (Fsp3) is 0.211. The number of nitrogens with one attached hydrogen (secondary N) is 2. The molecule has 1 aliphatic heterocycles. The molecule has 2 aromatic rings. The Kier molecular flexibility index (Phi) is 5.17. The van der Waals surface area contributed by atoms with E-state index < -0.39 is 23.9 Å². The number of rotatable bonds is 6. The van der Waals surface area contributed by atoms with Gasteiger partial charge in [-0.1, -0.05) is 30.3 Å². The lowest BCUT2D eigenvalue weighted by Gasteiger charge is -2.13. The molecule has 26 heavy (non-hydrogen) atoms. The van der Waals surface area contributed by atoms with Crippen molar-refractivity contribution in [3.05, 3.63) is 60.2 Å². The van der Waals surface area contributed by atoms with Gasteiger partial charge in [0, 0.05) is 12.1 Å². The van der Waals surface area contributed by atoms with Gasteiger partial charge in [0.2, 0.25) is 5.91 Å². The molecular weight excluding hydrogens is 334 g/mol. The first kappa shape index (κ1) is 17.5. The number of benzene rings is 2. The van der Waals surface area contributed by atoms with Gasteiger partial charge in [-0.15, -0.1) is 0 Å². The summed E-state index contributed by atoms with van der Waals surface area (Å²) < 4.78 is 5.05. The summed E-state index contributed by atoms with van der Waals surface area (Å²) >= 11 is 0. The third-order valence-corrected chi connectivity index (χ3v) is 4.07. The largest absolute Gasteiger partial charge is 0.497 e. The molecule has 2 N–H and O–H groups in total. The number of nitrogens with zero attached hydrogens (tertiary/aromatic N) is 1. The standard InChI is InChI=1S/C19H19N3O4/c1-26-15-9-7-14(8-10-15)20-17(23)12-22-18(24)16(21-19(22)25)11-13-5-3-2-4-6-13/h2-10,16H,11-12H2,1H3,(H,20,23)(H,21,25)/t16-/m0/s1. The Hall–Kier alpha value is -3.35. The topological polar surface area (TPSA) is 87.7 Å². The van der Waals surface area contributed by atoms with Gasteiger partial charge in [-0.2, -0.15) is 0 Å². The number of anilines is 1. The van der Waals surface area contributed by atoms with E-state index in [2.05, 4.69) is 10.6 Å². The van der Waals surface area contributed by atoms with Crippen LogP contribution in [0.3, 0.4) is 0 Å². The molecule has 1 heterocycles. The zero-order valence-electron chi connectivity index (χ0n) is 14.3. The number of amides is 4. The van der Waals surface area contributed by atoms with E-state index in [1.807, 2.05) is 30.3 Å². The zero-order chi connectivity index (χ0) is 18.5. The van der Waals surface area contributed by atoms with Crippen LogP contribution >= 0.6 is 0 Å². The molecule has 1 atom stereocenters. The number of methoxy groups -OCH3 is 1. The van der Waals surface area contributed by atoms with Crippen LogP contribution in [0, 0.1) is 0 Å². The average molecular weight is 353 g/mol. The van der Waals surface area contributed by atoms with E-state index in [0.29, 0.717) is 17.9 Å². The summed E-state index contributed by atoms with van der Waals surface area (Å²) in [6.07, 6.45) is 0.391. The molecule has 1 fully saturated rings. The Morgan fingerprint density at radius 2 is 1.81 bits per heavy atom. The van der Waals surface area contributed by atoms with Crippen LogP contribution in [-0.4, -0.2) is 42.4 Å². The summed E-state index contributed by atoms with van der Waals surface area (Å²) in [5.74, 6) is -0.177. The van der Waals surface area contributed by atoms with Crippen LogP contribution in [0.5, 0.6) is 5.75 Å². The van der Waals surface area contributed by atoms with Crippen LogP contribution in [0.1, 0.15) is 5.56 Å². The molecule has 7 heteroatoms. The van der Waals surface area contributed by atoms with Gasteiger partial charge < -0.3 is 15.4 Å². The molecular formula is C19H19N3O4. The molecule has 0 radical (unpaired) electrons. The van der Waals surface area contributed by atoms with Crippen LogP contribution < -0.4 is 15.4 Å². The molecule has 3 rings (SSSR count). The van der Waals surface area contributed by atoms with Crippen LogP contribution in [0.15, 0.2) is 54.6 Å². The van der Waals surface area contributed by atoms with Crippen molar-refractivity contribution in [2.24, 2.45) is 0 Å². The van der Waals surface area contributed by atoms with E-state index in [9.17, 15) is 14.4 Å². The maximum atomic E-state index is 12.4. The van der Waals surface area contributed by atoms with E-state index in [0.717, 1.165) is 10.5 Å². The Morgan fingerprint density at radius 3 is 2.46 bits per heavy atom. The first-order valence-corrected chi connectivity index (χ1v) is 8.16. The van der Waals surface area contributed by atoms with Crippen molar-refractivity contribution in [3.8, 4) is 5.75 Å². The Labute approximate surface area is 150 Å². The number of imide groups is 1. The van der Waals surface area contributed by atoms with Gasteiger partial charge in [-0.3, -0.25) is 14.5 Å². The van der Waals surface area contributed by atoms with Crippen molar-refractivity contribution in [1.29, 1.82) is 0 Å². The molecule has 7 nitrogen and oxygen atoms in total. The van der Waals surface area contributed by atoms with Gasteiger partial charge in [0.25, 0.3) is 5.91 Å². The van der Waals surface area contributed by atoms with E-state index in [4.69, 9.17) is 4.74 Å². The van der Waals surface area contributed by atoms with Gasteiger partial charge in [-0.25, -0.2) is 4.79 Å². The van der Waals surface area contributed by atoms with E-state index in [1.165, 1.54) is 0 Å². The summed E-state index contributed by atoms with van der Waals surface area (Å²) in [5.41, 5.74) is 1.50. The second-order valence-electron chi connectivity index (χ2n) is 5.89. The normalized spacial score (nSPS) is 16.3. The first-order valence-electron chi connectivity index (χ1n) is 8.16. The van der Waals surface area contributed by atoms with Crippen molar-refractivity contribution in [2.45, 2.75) is 12.5 Å². The minimum atomic E-state index is -0.654. The zero-order valence-corrected chi connectivity index (χ0v) is 14.3. The van der Waals surface area contributed by atoms with Gasteiger partial charge >= 0.3 is 6.03 Å². The second-order valence-corrected chi connectivity index (χ2v) is 5.89. The van der Waals surface area contributed by atoms with Crippen molar-refractivity contribution >= 4 is 23.5 Å². The molecule has 1 saturated heterocycles. The molecule has 134 valence electrons. The number of hydrogen-bond acceptors (Lipinski definition) is 4. The molecule has 0 unspecified atom stereocenters. The highest BCUT2D eigenvalue weighted by Gasteiger charge is 2.38. The Morgan fingerprint density at radius 1 is 1.12 bits per heavy atom. The highest BCUT2D eigenvalue weighted by atomic mass is 16.5. The summed E-state index contributed by atoms with van der Waals surface area (Å²) in [4.78, 5) is 37.6. The van der Waals surface area contributed by atoms with Crippen molar-refractivity contribution < 1.29 is 19.1 Å². The highest BCUT2D eigenvalue weighted by molar-refractivity contribution is 6.08. The van der Waals surface area contributed by atoms with Gasteiger partial charge in [-0.05, 0) is 29.8 Å². The lowest BCUT2D eigenvalue weighted by molar-refractivity contribution is -0.130. The van der Waals surface area contributed by atoms with Crippen LogP contribution in [0.2, 0.25) is 0 Å². The number of carbonyl (C=O) groups is 3. The summed E-state index contributed by atoms with van der Waals surface area (Å²) in [7, 11) is 1.55. The van der Waals surface area contributed by atoms with E-state index in [-0.39, 0.29) is 6.54 Å². The lowest BCUT2D eigenvalue weighted by Crippen LogP contribution is -2.38. The lowest BCUT2D eigenvalue weighted by atomic mass is 10.1. The molecule has 0 aliphatic carbocycles. The minimum Gasteiger partial charge on any atom is -0.497 e. The van der Waals surface area contributed by atoms with Crippen molar-refractivity contribution in [2.75, 3.05) is 19.0 Å². The van der Waals surface area contributed by atoms with Gasteiger partial charge in [0.1, 0.15) is 18.3 Å². The number of urea groups is 1. The molecule has 0 aromatic heterocycles. The maximum absolute atomic E-state index is 12.4. The monoisotopic (exact) mass is 353 g/mol. The van der Waals surface area contributed by atoms with Crippen LogP contribution in [0.25, 0.3) is 0 Å². The summed E-state index contributed by atoms with van der Waals surface area (Å²) in [5, 5.41) is 5.28. The van der Waals surface area contributed by atoms with Crippen LogP contribution in [0.4, 0.5) is 10.5 Å².